The van der Waals surface area contributed by atoms with Crippen LogP contribution in [0.2, 0.25) is 0 Å². The van der Waals surface area contributed by atoms with E-state index in [1.165, 1.54) is 9.80 Å². The van der Waals surface area contributed by atoms with Crippen molar-refractivity contribution in [1.82, 2.24) is 15.0 Å². The van der Waals surface area contributed by atoms with Crippen molar-refractivity contribution in [3.63, 3.8) is 0 Å². The molecule has 1 atom stereocenters. The van der Waals surface area contributed by atoms with Crippen molar-refractivity contribution >= 4 is 28.8 Å². The van der Waals surface area contributed by atoms with E-state index >= 15 is 0 Å². The molecule has 0 radical (unpaired) electrons. The van der Waals surface area contributed by atoms with E-state index in [1.54, 1.807) is 13.1 Å². The predicted octanol–water partition coefficient (Wildman–Crippen LogP) is 1.15. The van der Waals surface area contributed by atoms with Crippen LogP contribution in [0, 0.1) is 5.92 Å². The summed E-state index contributed by atoms with van der Waals surface area (Å²) in [5, 5.41) is 13.8. The molecular weight excluding hydrogens is 338 g/mol. The first-order valence-electron chi connectivity index (χ1n) is 8.53. The van der Waals surface area contributed by atoms with Gasteiger partial charge in [0.15, 0.2) is 5.58 Å². The van der Waals surface area contributed by atoms with Crippen molar-refractivity contribution < 1.29 is 24.0 Å². The molecule has 1 aliphatic rings. The molecule has 1 aromatic carbocycles. The first-order chi connectivity index (χ1) is 12.5. The van der Waals surface area contributed by atoms with Crippen molar-refractivity contribution in [2.75, 3.05) is 26.7 Å². The van der Waals surface area contributed by atoms with Crippen LogP contribution < -0.4 is 0 Å². The van der Waals surface area contributed by atoms with Gasteiger partial charge < -0.3 is 19.4 Å². The number of fused-ring (bicyclic) bond motifs is 1. The number of nitrogens with zero attached hydrogens (tertiary/aromatic N) is 3. The Balaban J connectivity index is 1.58. The van der Waals surface area contributed by atoms with Crippen LogP contribution in [0.5, 0.6) is 0 Å². The van der Waals surface area contributed by atoms with Crippen molar-refractivity contribution in [2.24, 2.45) is 5.92 Å². The second kappa shape index (κ2) is 7.55. The fourth-order valence-electron chi connectivity index (χ4n) is 3.14. The number of piperidine rings is 1. The molecule has 1 fully saturated rings. The van der Waals surface area contributed by atoms with E-state index in [0.717, 1.165) is 5.39 Å². The highest BCUT2D eigenvalue weighted by molar-refractivity contribution is 5.89. The minimum absolute atomic E-state index is 0.0402. The van der Waals surface area contributed by atoms with Crippen molar-refractivity contribution in [2.45, 2.75) is 19.3 Å². The Morgan fingerprint density at radius 3 is 2.88 bits per heavy atom. The maximum absolute atomic E-state index is 12.4. The molecule has 0 saturated carbocycles. The smallest absolute Gasteiger partial charge is 0.308 e. The standard InChI is InChI=1S/C18H21N3O5/c1-20(11-17(23)21-8-4-5-12(10-21)18(24)25)16(22)9-14-13-6-2-3-7-15(13)26-19-14/h2-3,6-7,12H,4-5,8-11H2,1H3,(H,24,25). The maximum Gasteiger partial charge on any atom is 0.308 e. The molecule has 2 aromatic rings. The summed E-state index contributed by atoms with van der Waals surface area (Å²) in [6, 6.07) is 7.28. The van der Waals surface area contributed by atoms with Crippen molar-refractivity contribution in [3.05, 3.63) is 30.0 Å². The van der Waals surface area contributed by atoms with Gasteiger partial charge in [-0.3, -0.25) is 14.4 Å². The van der Waals surface area contributed by atoms with E-state index in [4.69, 9.17) is 9.63 Å². The molecule has 8 nitrogen and oxygen atoms in total. The predicted molar refractivity (Wildman–Crippen MR) is 92.3 cm³/mol. The monoisotopic (exact) mass is 359 g/mol. The Labute approximate surface area is 150 Å². The van der Waals surface area contributed by atoms with E-state index in [-0.39, 0.29) is 31.3 Å². The average Bonchev–Trinajstić information content (AvgIpc) is 3.04. The lowest BCUT2D eigenvalue weighted by Crippen LogP contribution is -2.47. The number of hydrogen-bond donors (Lipinski definition) is 1. The Morgan fingerprint density at radius 1 is 1.35 bits per heavy atom. The van der Waals surface area contributed by atoms with Gasteiger partial charge in [0.25, 0.3) is 0 Å². The summed E-state index contributed by atoms with van der Waals surface area (Å²) in [5.41, 5.74) is 1.15. The second-order valence-corrected chi connectivity index (χ2v) is 6.57. The van der Waals surface area contributed by atoms with Gasteiger partial charge >= 0.3 is 5.97 Å². The molecule has 26 heavy (non-hydrogen) atoms. The minimum Gasteiger partial charge on any atom is -0.481 e. The number of hydrogen-bond acceptors (Lipinski definition) is 5. The molecule has 3 rings (SSSR count). The fourth-order valence-corrected chi connectivity index (χ4v) is 3.14. The SMILES string of the molecule is CN(CC(=O)N1CCCC(C(=O)O)C1)C(=O)Cc1noc2ccccc12. The lowest BCUT2D eigenvalue weighted by atomic mass is 9.98. The van der Waals surface area contributed by atoms with Crippen molar-refractivity contribution in [3.8, 4) is 0 Å². The number of carbonyl (C=O) groups is 3. The normalized spacial score (nSPS) is 17.3. The Hall–Kier alpha value is -2.90. The molecule has 0 bridgehead atoms. The van der Waals surface area contributed by atoms with Gasteiger partial charge in [-0.1, -0.05) is 17.3 Å². The van der Waals surface area contributed by atoms with E-state index in [1.807, 2.05) is 18.2 Å². The van der Waals surface area contributed by atoms with Gasteiger partial charge in [-0.05, 0) is 25.0 Å². The van der Waals surface area contributed by atoms with Gasteiger partial charge in [0.05, 0.1) is 18.9 Å². The number of para-hydroxylation sites is 1. The zero-order chi connectivity index (χ0) is 18.7. The van der Waals surface area contributed by atoms with E-state index in [2.05, 4.69) is 5.16 Å². The number of amides is 2. The van der Waals surface area contributed by atoms with Crippen LogP contribution in [0.4, 0.5) is 0 Å². The van der Waals surface area contributed by atoms with E-state index < -0.39 is 11.9 Å². The number of carbonyl (C=O) groups excluding carboxylic acids is 2. The third kappa shape index (κ3) is 3.84. The van der Waals surface area contributed by atoms with Crippen LogP contribution >= 0.6 is 0 Å². The number of benzene rings is 1. The van der Waals surface area contributed by atoms with Gasteiger partial charge in [0.2, 0.25) is 11.8 Å². The molecule has 138 valence electrons. The topological polar surface area (TPSA) is 104 Å². The van der Waals surface area contributed by atoms with Gasteiger partial charge in [0.1, 0.15) is 5.69 Å². The van der Waals surface area contributed by atoms with Gasteiger partial charge in [-0.2, -0.15) is 0 Å². The molecule has 1 aromatic heterocycles. The summed E-state index contributed by atoms with van der Waals surface area (Å²) in [6.07, 6.45) is 1.27. The zero-order valence-corrected chi connectivity index (χ0v) is 14.6. The molecule has 0 aliphatic carbocycles. The molecule has 1 saturated heterocycles. The number of likely N-dealkylation sites (tertiary alicyclic amines) is 1. The summed E-state index contributed by atoms with van der Waals surface area (Å²) >= 11 is 0. The number of rotatable bonds is 5. The third-order valence-electron chi connectivity index (χ3n) is 4.69. The Kier molecular flexibility index (Phi) is 5.20. The molecule has 8 heteroatoms. The summed E-state index contributed by atoms with van der Waals surface area (Å²) < 4.78 is 5.19. The van der Waals surface area contributed by atoms with Gasteiger partial charge in [-0.25, -0.2) is 0 Å². The largest absolute Gasteiger partial charge is 0.481 e. The van der Waals surface area contributed by atoms with Crippen LogP contribution in [0.15, 0.2) is 28.8 Å². The van der Waals surface area contributed by atoms with Crippen LogP contribution in [-0.4, -0.2) is 64.5 Å². The van der Waals surface area contributed by atoms with Crippen LogP contribution in [-0.2, 0) is 20.8 Å². The fraction of sp³-hybridized carbons (Fsp3) is 0.444. The van der Waals surface area contributed by atoms with Crippen molar-refractivity contribution in [1.29, 1.82) is 0 Å². The molecule has 2 heterocycles. The number of carboxylic acids is 1. The molecule has 1 aliphatic heterocycles. The highest BCUT2D eigenvalue weighted by Gasteiger charge is 2.29. The number of carboxylic acid groups (broad SMARTS) is 1. The average molecular weight is 359 g/mol. The molecule has 1 N–H and O–H groups in total. The zero-order valence-electron chi connectivity index (χ0n) is 14.6. The van der Waals surface area contributed by atoms with Crippen LogP contribution in [0.1, 0.15) is 18.5 Å². The molecular formula is C18H21N3O5. The quantitative estimate of drug-likeness (QED) is 0.859. The maximum atomic E-state index is 12.4. The third-order valence-corrected chi connectivity index (χ3v) is 4.69. The van der Waals surface area contributed by atoms with Crippen LogP contribution in [0.3, 0.4) is 0 Å². The minimum atomic E-state index is -0.884. The number of aliphatic carboxylic acids is 1. The molecule has 1 unspecified atom stereocenters. The number of aromatic nitrogens is 1. The van der Waals surface area contributed by atoms with E-state index in [0.29, 0.717) is 30.7 Å². The summed E-state index contributed by atoms with van der Waals surface area (Å²) in [7, 11) is 1.56. The Bertz CT molecular complexity index is 831. The van der Waals surface area contributed by atoms with Gasteiger partial charge in [-0.15, -0.1) is 0 Å². The summed E-state index contributed by atoms with van der Waals surface area (Å²) in [6.45, 7) is 0.643. The second-order valence-electron chi connectivity index (χ2n) is 6.57. The van der Waals surface area contributed by atoms with E-state index in [9.17, 15) is 14.4 Å². The first kappa shape index (κ1) is 17.9. The number of likely N-dealkylation sites (N-methyl/N-ethyl adjacent to an activating group) is 1. The Morgan fingerprint density at radius 2 is 2.12 bits per heavy atom. The lowest BCUT2D eigenvalue weighted by Gasteiger charge is -2.32. The van der Waals surface area contributed by atoms with Crippen LogP contribution in [0.25, 0.3) is 11.0 Å². The molecule has 0 spiro atoms. The lowest BCUT2D eigenvalue weighted by molar-refractivity contribution is -0.147. The highest BCUT2D eigenvalue weighted by atomic mass is 16.5. The van der Waals surface area contributed by atoms with Gasteiger partial charge in [0, 0.05) is 25.5 Å². The summed E-state index contributed by atoms with van der Waals surface area (Å²) in [5.74, 6) is -1.90. The first-order valence-corrected chi connectivity index (χ1v) is 8.53. The highest BCUT2D eigenvalue weighted by Crippen LogP contribution is 2.19. The molecule has 2 amide bonds. The summed E-state index contributed by atoms with van der Waals surface area (Å²) in [4.78, 5) is 38.8.